The number of rotatable bonds is 4. The van der Waals surface area contributed by atoms with Gasteiger partial charge in [0.05, 0.1) is 0 Å². The van der Waals surface area contributed by atoms with Gasteiger partial charge in [-0.3, -0.25) is 0 Å². The van der Waals surface area contributed by atoms with E-state index in [2.05, 4.69) is 121 Å². The lowest BCUT2D eigenvalue weighted by Crippen LogP contribution is -2.28. The van der Waals surface area contributed by atoms with Crippen LogP contribution in [-0.4, -0.2) is 0 Å². The van der Waals surface area contributed by atoms with Crippen LogP contribution in [0.4, 0.5) is 0 Å². The molecule has 2 bridgehead atoms. The van der Waals surface area contributed by atoms with Gasteiger partial charge >= 0.3 is 0 Å². The molecule has 4 saturated carbocycles. The van der Waals surface area contributed by atoms with Crippen LogP contribution in [0.5, 0.6) is 0 Å². The highest BCUT2D eigenvalue weighted by molar-refractivity contribution is 5.83. The van der Waals surface area contributed by atoms with E-state index in [9.17, 15) is 0 Å². The summed E-state index contributed by atoms with van der Waals surface area (Å²) in [4.78, 5) is 0. The van der Waals surface area contributed by atoms with Crippen molar-refractivity contribution in [1.29, 1.82) is 0 Å². The predicted octanol–water partition coefficient (Wildman–Crippen LogP) is 9.69. The lowest BCUT2D eigenvalue weighted by Gasteiger charge is -2.33. The molecular weight excluding hydrogens is 468 g/mol. The van der Waals surface area contributed by atoms with Gasteiger partial charge in [0.2, 0.25) is 0 Å². The lowest BCUT2D eigenvalue weighted by molar-refractivity contribution is 0.140. The normalized spacial score (nSPS) is 28.4. The Bertz CT molecular complexity index is 1300. The van der Waals surface area contributed by atoms with Crippen molar-refractivity contribution >= 4 is 11.1 Å². The summed E-state index contributed by atoms with van der Waals surface area (Å²) in [6.07, 6.45) is 6.70. The smallest absolute Gasteiger partial charge is 0.0119 e. The second kappa shape index (κ2) is 9.53. The second-order valence-electron chi connectivity index (χ2n) is 12.5. The van der Waals surface area contributed by atoms with Crippen LogP contribution in [0.3, 0.4) is 0 Å². The third-order valence-electron chi connectivity index (χ3n) is 10.7. The van der Waals surface area contributed by atoms with E-state index in [0.717, 1.165) is 35.5 Å². The molecule has 0 radical (unpaired) electrons. The molecule has 0 aliphatic heterocycles. The average Bonchev–Trinajstić information content (AvgIpc) is 3.76. The monoisotopic (exact) mass is 504 g/mol. The highest BCUT2D eigenvalue weighted by atomic mass is 14.7. The molecule has 0 aromatic heterocycles. The van der Waals surface area contributed by atoms with Crippen molar-refractivity contribution in [2.45, 2.75) is 32.1 Å². The van der Waals surface area contributed by atoms with Crippen LogP contribution < -0.4 is 0 Å². The molecule has 4 fully saturated rings. The van der Waals surface area contributed by atoms with E-state index in [-0.39, 0.29) is 0 Å². The fourth-order valence-electron chi connectivity index (χ4n) is 9.41. The van der Waals surface area contributed by atoms with E-state index in [4.69, 9.17) is 0 Å². The maximum Gasteiger partial charge on any atom is -0.0119 e. The van der Waals surface area contributed by atoms with Gasteiger partial charge in [-0.15, -0.1) is 0 Å². The molecule has 0 N–H and O–H groups in total. The third-order valence-corrected chi connectivity index (χ3v) is 10.7. The van der Waals surface area contributed by atoms with Crippen molar-refractivity contribution in [1.82, 2.24) is 0 Å². The van der Waals surface area contributed by atoms with Crippen molar-refractivity contribution in [2.75, 3.05) is 0 Å². The first-order valence-electron chi connectivity index (χ1n) is 15.0. The van der Waals surface area contributed by atoms with Crippen molar-refractivity contribution in [3.63, 3.8) is 0 Å². The summed E-state index contributed by atoms with van der Waals surface area (Å²) in [6, 6.07) is 44.7. The first kappa shape index (κ1) is 23.3. The van der Waals surface area contributed by atoms with Gasteiger partial charge < -0.3 is 0 Å². The fourth-order valence-corrected chi connectivity index (χ4v) is 9.41. The maximum atomic E-state index is 2.32. The van der Waals surface area contributed by atoms with Crippen molar-refractivity contribution < 1.29 is 0 Å². The Morgan fingerprint density at radius 1 is 0.333 bits per heavy atom. The molecule has 4 unspecified atom stereocenters. The summed E-state index contributed by atoms with van der Waals surface area (Å²) >= 11 is 0. The fraction of sp³-hybridized carbons (Fsp3) is 0.282. The summed E-state index contributed by atoms with van der Waals surface area (Å²) in [7, 11) is 0. The summed E-state index contributed by atoms with van der Waals surface area (Å²) in [5.41, 5.74) is 12.1. The summed E-state index contributed by atoms with van der Waals surface area (Å²) < 4.78 is 0. The van der Waals surface area contributed by atoms with E-state index in [1.54, 1.807) is 11.1 Å². The van der Waals surface area contributed by atoms with E-state index in [0.29, 0.717) is 0 Å². The molecule has 0 amide bonds. The number of allylic oxidation sites excluding steroid dienone is 2. The van der Waals surface area contributed by atoms with Gasteiger partial charge in [-0.2, -0.15) is 0 Å². The van der Waals surface area contributed by atoms with Gasteiger partial charge in [0, 0.05) is 0 Å². The van der Waals surface area contributed by atoms with Gasteiger partial charge in [0.25, 0.3) is 0 Å². The SMILES string of the molecule is c1ccc(C(=C2CC3C(C2)C2CC3C3CC(=C(c4ccccc4)c4ccccc4)CC32)c2ccccc2)cc1. The third kappa shape index (κ3) is 3.88. The van der Waals surface area contributed by atoms with E-state index < -0.39 is 0 Å². The molecular formula is C39H36. The molecule has 0 heteroatoms. The topological polar surface area (TPSA) is 0 Å². The molecule has 4 aromatic carbocycles. The summed E-state index contributed by atoms with van der Waals surface area (Å²) in [5, 5.41) is 0. The van der Waals surface area contributed by atoms with Crippen LogP contribution in [0, 0.1) is 35.5 Å². The average molecular weight is 505 g/mol. The molecule has 4 atom stereocenters. The summed E-state index contributed by atoms with van der Waals surface area (Å²) in [6.45, 7) is 0. The van der Waals surface area contributed by atoms with Gasteiger partial charge in [-0.05, 0) is 101 Å². The van der Waals surface area contributed by atoms with Crippen LogP contribution in [0.2, 0.25) is 0 Å². The number of hydrogen-bond acceptors (Lipinski definition) is 0. The molecule has 0 heterocycles. The van der Waals surface area contributed by atoms with Crippen molar-refractivity contribution in [3.05, 3.63) is 155 Å². The number of benzene rings is 4. The molecule has 0 spiro atoms. The quantitative estimate of drug-likeness (QED) is 0.259. The zero-order valence-corrected chi connectivity index (χ0v) is 22.5. The predicted molar refractivity (Wildman–Crippen MR) is 162 cm³/mol. The van der Waals surface area contributed by atoms with Crippen molar-refractivity contribution in [3.8, 4) is 0 Å². The zero-order chi connectivity index (χ0) is 25.8. The maximum absolute atomic E-state index is 2.32. The molecule has 0 saturated heterocycles. The van der Waals surface area contributed by atoms with Gasteiger partial charge in [0.15, 0.2) is 0 Å². The lowest BCUT2D eigenvalue weighted by atomic mass is 9.71. The van der Waals surface area contributed by atoms with Crippen LogP contribution >= 0.6 is 0 Å². The molecule has 4 aromatic rings. The van der Waals surface area contributed by atoms with Crippen molar-refractivity contribution in [2.24, 2.45) is 35.5 Å². The van der Waals surface area contributed by atoms with Crippen LogP contribution in [0.25, 0.3) is 11.1 Å². The minimum Gasteiger partial charge on any atom is -0.0622 e. The zero-order valence-electron chi connectivity index (χ0n) is 22.5. The molecule has 0 nitrogen and oxygen atoms in total. The second-order valence-corrected chi connectivity index (χ2v) is 12.5. The van der Waals surface area contributed by atoms with E-state index in [1.807, 2.05) is 0 Å². The Balaban J connectivity index is 1.14. The molecule has 4 aliphatic rings. The van der Waals surface area contributed by atoms with Gasteiger partial charge in [-0.25, -0.2) is 0 Å². The van der Waals surface area contributed by atoms with Crippen LogP contribution in [0.1, 0.15) is 54.4 Å². The van der Waals surface area contributed by atoms with Gasteiger partial charge in [0.1, 0.15) is 0 Å². The van der Waals surface area contributed by atoms with Gasteiger partial charge in [-0.1, -0.05) is 132 Å². The standard InChI is InChI=1S/C39H36/c1-5-13-26(14-6-1)38(27-15-7-2-8-16-27)30-21-32-33(22-30)37-25-36(32)34-23-31(24-35(34)37)39(28-17-9-3-10-18-28)29-19-11-4-12-20-29/h1-20,32-37H,21-25H2. The molecule has 192 valence electrons. The summed E-state index contributed by atoms with van der Waals surface area (Å²) in [5.74, 6) is 5.32. The van der Waals surface area contributed by atoms with E-state index in [1.165, 1.54) is 65.5 Å². The Labute approximate surface area is 233 Å². The first-order valence-corrected chi connectivity index (χ1v) is 15.0. The van der Waals surface area contributed by atoms with E-state index >= 15 is 0 Å². The highest BCUT2D eigenvalue weighted by Gasteiger charge is 2.61. The Kier molecular flexibility index (Phi) is 5.68. The Hall–Kier alpha value is -3.64. The van der Waals surface area contributed by atoms with Crippen LogP contribution in [-0.2, 0) is 0 Å². The number of fused-ring (bicyclic) bond motifs is 8. The molecule has 39 heavy (non-hydrogen) atoms. The number of hydrogen-bond donors (Lipinski definition) is 0. The highest BCUT2D eigenvalue weighted by Crippen LogP contribution is 2.69. The molecule has 8 rings (SSSR count). The van der Waals surface area contributed by atoms with Crippen LogP contribution in [0.15, 0.2) is 132 Å². The molecule has 4 aliphatic carbocycles. The minimum absolute atomic E-state index is 0.880. The largest absolute Gasteiger partial charge is 0.0622 e. The Morgan fingerprint density at radius 2 is 0.590 bits per heavy atom. The Morgan fingerprint density at radius 3 is 0.846 bits per heavy atom. The minimum atomic E-state index is 0.880. The first-order chi connectivity index (χ1) is 19.3.